The van der Waals surface area contributed by atoms with Gasteiger partial charge in [0.1, 0.15) is 0 Å². The number of alkyl halides is 6. The van der Waals surface area contributed by atoms with Gasteiger partial charge >= 0.3 is 18.3 Å². The number of rotatable bonds is 7. The first-order valence-corrected chi connectivity index (χ1v) is 15.0. The summed E-state index contributed by atoms with van der Waals surface area (Å²) >= 11 is 0. The molecular weight excluding hydrogens is 602 g/mol. The molecule has 1 aliphatic heterocycles. The van der Waals surface area contributed by atoms with E-state index in [0.717, 1.165) is 53.9 Å². The molecule has 1 aromatic heterocycles. The number of carboxylic acid groups (broad SMARTS) is 1. The van der Waals surface area contributed by atoms with Crippen molar-refractivity contribution >= 4 is 17.6 Å². The lowest BCUT2D eigenvalue weighted by molar-refractivity contribution is -0.144. The van der Waals surface area contributed by atoms with Gasteiger partial charge in [0, 0.05) is 25.3 Å². The van der Waals surface area contributed by atoms with Crippen LogP contribution in [0.25, 0.3) is 0 Å². The van der Waals surface area contributed by atoms with Crippen LogP contribution in [0.15, 0.2) is 30.3 Å². The fourth-order valence-corrected chi connectivity index (χ4v) is 6.85. The third kappa shape index (κ3) is 7.36. The molecule has 1 aliphatic carbocycles. The molecule has 8 nitrogen and oxygen atoms in total. The quantitative estimate of drug-likeness (QED) is 0.276. The zero-order chi connectivity index (χ0) is 32.7. The van der Waals surface area contributed by atoms with Crippen molar-refractivity contribution in [2.24, 2.45) is 18.9 Å². The van der Waals surface area contributed by atoms with Gasteiger partial charge in [0.2, 0.25) is 0 Å². The molecule has 244 valence electrons. The molecule has 0 radical (unpaired) electrons. The van der Waals surface area contributed by atoms with Gasteiger partial charge in [0.05, 0.1) is 30.1 Å². The standard InChI is InChI=1S/C31H36F6N6O2/c1-18-11-19(2)27-25(12-18)26(5-4-10-42(27)16-20-6-8-22(9-7-20)28(44)45)43(29-38-40-41(3)39-29)17-21-13-23(30(32,33)34)15-24(14-21)31(35,36)37/h11-15,20,22,26H,4-10,16-17H2,1-3H3,(H,44,45). The molecule has 2 heterocycles. The van der Waals surface area contributed by atoms with E-state index in [9.17, 15) is 36.2 Å². The molecule has 45 heavy (non-hydrogen) atoms. The summed E-state index contributed by atoms with van der Waals surface area (Å²) in [6, 6.07) is 5.23. The van der Waals surface area contributed by atoms with E-state index in [1.54, 1.807) is 4.90 Å². The Labute approximate surface area is 257 Å². The molecule has 1 saturated carbocycles. The minimum Gasteiger partial charge on any atom is -0.481 e. The Morgan fingerprint density at radius 1 is 0.956 bits per heavy atom. The van der Waals surface area contributed by atoms with Crippen LogP contribution < -0.4 is 9.80 Å². The number of tetrazole rings is 1. The number of hydrogen-bond acceptors (Lipinski definition) is 6. The van der Waals surface area contributed by atoms with E-state index in [2.05, 4.69) is 26.4 Å². The van der Waals surface area contributed by atoms with E-state index in [4.69, 9.17) is 0 Å². The first kappa shape index (κ1) is 32.6. The predicted molar refractivity (Wildman–Crippen MR) is 155 cm³/mol. The Hall–Kier alpha value is -3.84. The third-order valence-electron chi connectivity index (χ3n) is 8.86. The third-order valence-corrected chi connectivity index (χ3v) is 8.86. The highest BCUT2D eigenvalue weighted by Crippen LogP contribution is 2.43. The van der Waals surface area contributed by atoms with Gasteiger partial charge in [0.25, 0.3) is 5.95 Å². The van der Waals surface area contributed by atoms with Crippen molar-refractivity contribution in [3.63, 3.8) is 0 Å². The van der Waals surface area contributed by atoms with Gasteiger partial charge in [-0.15, -0.1) is 5.10 Å². The maximum Gasteiger partial charge on any atom is 0.416 e. The van der Waals surface area contributed by atoms with Crippen LogP contribution in [-0.2, 0) is 30.7 Å². The second-order valence-corrected chi connectivity index (χ2v) is 12.3. The predicted octanol–water partition coefficient (Wildman–Crippen LogP) is 7.10. The minimum absolute atomic E-state index is 0.0963. The number of hydrogen-bond donors (Lipinski definition) is 1. The molecule has 1 atom stereocenters. The fraction of sp³-hybridized carbons (Fsp3) is 0.548. The van der Waals surface area contributed by atoms with E-state index < -0.39 is 35.5 Å². The summed E-state index contributed by atoms with van der Waals surface area (Å²) in [5.74, 6) is -0.690. The number of aryl methyl sites for hydroxylation is 3. The van der Waals surface area contributed by atoms with E-state index in [0.29, 0.717) is 38.1 Å². The van der Waals surface area contributed by atoms with Gasteiger partial charge in [-0.1, -0.05) is 22.8 Å². The number of halogens is 6. The summed E-state index contributed by atoms with van der Waals surface area (Å²) in [6.45, 7) is 5.04. The number of carbonyl (C=O) groups is 1. The maximum atomic E-state index is 13.7. The van der Waals surface area contributed by atoms with Gasteiger partial charge < -0.3 is 14.9 Å². The van der Waals surface area contributed by atoms with Crippen molar-refractivity contribution in [3.05, 3.63) is 63.7 Å². The van der Waals surface area contributed by atoms with Crippen molar-refractivity contribution < 1.29 is 36.2 Å². The monoisotopic (exact) mass is 638 g/mol. The SMILES string of the molecule is Cc1cc(C)c2c(c1)C(N(Cc1cc(C(F)(F)F)cc(C(F)(F)F)c1)c1nnn(C)n1)CCCN2CC1CCC(C(=O)O)CC1. The number of aliphatic carboxylic acids is 1. The lowest BCUT2D eigenvalue weighted by Gasteiger charge is -2.36. The number of anilines is 2. The first-order chi connectivity index (χ1) is 21.1. The summed E-state index contributed by atoms with van der Waals surface area (Å²) < 4.78 is 82.4. The molecular formula is C31H36F6N6O2. The van der Waals surface area contributed by atoms with E-state index >= 15 is 0 Å². The van der Waals surface area contributed by atoms with Crippen LogP contribution in [0.1, 0.15) is 77.9 Å². The van der Waals surface area contributed by atoms with E-state index in [1.807, 2.05) is 19.9 Å². The molecule has 3 aromatic rings. The molecule has 0 bridgehead atoms. The lowest BCUT2D eigenvalue weighted by Crippen LogP contribution is -2.34. The molecule has 2 aliphatic rings. The number of benzene rings is 2. The molecule has 1 fully saturated rings. The van der Waals surface area contributed by atoms with Crippen LogP contribution >= 0.6 is 0 Å². The Morgan fingerprint density at radius 2 is 1.60 bits per heavy atom. The highest BCUT2D eigenvalue weighted by atomic mass is 19.4. The number of nitrogens with zero attached hydrogens (tertiary/aromatic N) is 6. The second kappa shape index (κ2) is 12.5. The zero-order valence-electron chi connectivity index (χ0n) is 25.3. The van der Waals surface area contributed by atoms with Crippen LogP contribution in [0, 0.1) is 25.7 Å². The average Bonchev–Trinajstić information content (AvgIpc) is 3.30. The number of fused-ring (bicyclic) bond motifs is 1. The molecule has 1 N–H and O–H groups in total. The molecule has 1 unspecified atom stereocenters. The van der Waals surface area contributed by atoms with Crippen molar-refractivity contribution in [2.75, 3.05) is 22.9 Å². The Morgan fingerprint density at radius 3 is 2.16 bits per heavy atom. The maximum absolute atomic E-state index is 13.7. The molecule has 0 spiro atoms. The van der Waals surface area contributed by atoms with E-state index in [-0.39, 0.29) is 30.0 Å². The van der Waals surface area contributed by atoms with Gasteiger partial charge in [-0.2, -0.15) is 31.1 Å². The van der Waals surface area contributed by atoms with Crippen LogP contribution in [0.2, 0.25) is 0 Å². The van der Waals surface area contributed by atoms with Crippen molar-refractivity contribution in [3.8, 4) is 0 Å². The second-order valence-electron chi connectivity index (χ2n) is 12.3. The van der Waals surface area contributed by atoms with Gasteiger partial charge in [0.15, 0.2) is 0 Å². The van der Waals surface area contributed by atoms with Crippen molar-refractivity contribution in [1.29, 1.82) is 0 Å². The minimum atomic E-state index is -4.97. The van der Waals surface area contributed by atoms with Crippen LogP contribution in [0.3, 0.4) is 0 Å². The van der Waals surface area contributed by atoms with Crippen molar-refractivity contribution in [2.45, 2.75) is 77.3 Å². The highest BCUT2D eigenvalue weighted by Gasteiger charge is 2.38. The van der Waals surface area contributed by atoms with Gasteiger partial charge in [-0.25, -0.2) is 0 Å². The summed E-state index contributed by atoms with van der Waals surface area (Å²) in [5.41, 5.74) is 0.892. The molecule has 5 rings (SSSR count). The Kier molecular flexibility index (Phi) is 9.05. The van der Waals surface area contributed by atoms with Crippen molar-refractivity contribution in [1.82, 2.24) is 20.2 Å². The van der Waals surface area contributed by atoms with Crippen LogP contribution in [0.5, 0.6) is 0 Å². The summed E-state index contributed by atoms with van der Waals surface area (Å²) in [7, 11) is 1.54. The summed E-state index contributed by atoms with van der Waals surface area (Å²) in [5, 5.41) is 21.8. The molecule has 0 amide bonds. The largest absolute Gasteiger partial charge is 0.481 e. The van der Waals surface area contributed by atoms with Gasteiger partial charge in [-0.05, 0) is 98.4 Å². The molecule has 2 aromatic carbocycles. The van der Waals surface area contributed by atoms with Crippen LogP contribution in [-0.4, -0.2) is 44.4 Å². The highest BCUT2D eigenvalue weighted by molar-refractivity contribution is 5.70. The fourth-order valence-electron chi connectivity index (χ4n) is 6.85. The lowest BCUT2D eigenvalue weighted by atomic mass is 9.81. The zero-order valence-corrected chi connectivity index (χ0v) is 25.3. The molecule has 14 heteroatoms. The van der Waals surface area contributed by atoms with Crippen LogP contribution in [0.4, 0.5) is 38.0 Å². The Bertz CT molecular complexity index is 1500. The normalized spacial score (nSPS) is 20.9. The summed E-state index contributed by atoms with van der Waals surface area (Å²) in [6.07, 6.45) is -5.87. The Balaban J connectivity index is 1.55. The summed E-state index contributed by atoms with van der Waals surface area (Å²) in [4.78, 5) is 16.6. The van der Waals surface area contributed by atoms with E-state index in [1.165, 1.54) is 11.8 Å². The molecule has 0 saturated heterocycles. The average molecular weight is 639 g/mol. The smallest absolute Gasteiger partial charge is 0.416 e. The topological polar surface area (TPSA) is 87.4 Å². The first-order valence-electron chi connectivity index (χ1n) is 15.0. The number of carboxylic acids is 1. The van der Waals surface area contributed by atoms with Gasteiger partial charge in [-0.3, -0.25) is 4.79 Å². The number of aromatic nitrogens is 4.